The van der Waals surface area contributed by atoms with E-state index < -0.39 is 0 Å². The number of alkyl halides is 1. The Morgan fingerprint density at radius 2 is 1.18 bits per heavy atom. The Kier molecular flexibility index (Phi) is 10.4. The van der Waals surface area contributed by atoms with Crippen molar-refractivity contribution in [3.63, 3.8) is 0 Å². The minimum Gasteiger partial charge on any atom is -0.350 e. The van der Waals surface area contributed by atoms with Gasteiger partial charge in [0.2, 0.25) is 0 Å². The molecule has 0 aromatic carbocycles. The second-order valence-electron chi connectivity index (χ2n) is 4.83. The van der Waals surface area contributed by atoms with Crippen molar-refractivity contribution in [1.82, 2.24) is 0 Å². The van der Waals surface area contributed by atoms with Gasteiger partial charge in [-0.1, -0.05) is 60.9 Å². The molecule has 0 aromatic rings. The molecule has 17 heavy (non-hydrogen) atoms. The molecule has 0 aliphatic carbocycles. The third kappa shape index (κ3) is 9.04. The van der Waals surface area contributed by atoms with Crippen LogP contribution in [0.1, 0.15) is 64.2 Å². The van der Waals surface area contributed by atoms with E-state index in [0.717, 1.165) is 25.0 Å². The molecule has 1 saturated heterocycles. The van der Waals surface area contributed by atoms with Crippen LogP contribution < -0.4 is 0 Å². The summed E-state index contributed by atoms with van der Waals surface area (Å²) < 4.78 is 10.8. The van der Waals surface area contributed by atoms with Crippen molar-refractivity contribution in [2.24, 2.45) is 0 Å². The zero-order chi connectivity index (χ0) is 12.2. The van der Waals surface area contributed by atoms with Gasteiger partial charge in [-0.2, -0.15) is 0 Å². The predicted molar refractivity (Wildman–Crippen MR) is 75.7 cm³/mol. The van der Waals surface area contributed by atoms with Crippen LogP contribution in [0.2, 0.25) is 0 Å². The number of rotatable bonds is 11. The molecule has 0 radical (unpaired) electrons. The van der Waals surface area contributed by atoms with Gasteiger partial charge in [0.15, 0.2) is 6.29 Å². The molecule has 0 spiro atoms. The fraction of sp³-hybridized carbons (Fsp3) is 1.00. The fourth-order valence-electron chi connectivity index (χ4n) is 2.22. The summed E-state index contributed by atoms with van der Waals surface area (Å²) in [4.78, 5) is 0. The van der Waals surface area contributed by atoms with Gasteiger partial charge in [0, 0.05) is 5.33 Å². The number of halogens is 1. The third-order valence-corrected chi connectivity index (χ3v) is 3.83. The minimum absolute atomic E-state index is 0.110. The van der Waals surface area contributed by atoms with Gasteiger partial charge in [-0.15, -0.1) is 0 Å². The van der Waals surface area contributed by atoms with Gasteiger partial charge in [-0.3, -0.25) is 0 Å². The summed E-state index contributed by atoms with van der Waals surface area (Å²) in [6.07, 6.45) is 13.5. The topological polar surface area (TPSA) is 18.5 Å². The quantitative estimate of drug-likeness (QED) is 0.408. The number of ether oxygens (including phenoxy) is 2. The monoisotopic (exact) mass is 306 g/mol. The number of unbranched alkanes of at least 4 members (excludes halogenated alkanes) is 8. The van der Waals surface area contributed by atoms with Gasteiger partial charge in [-0.05, 0) is 19.3 Å². The van der Waals surface area contributed by atoms with Crippen molar-refractivity contribution in [1.29, 1.82) is 0 Å². The van der Waals surface area contributed by atoms with E-state index in [0.29, 0.717) is 0 Å². The summed E-state index contributed by atoms with van der Waals surface area (Å²) in [5.41, 5.74) is 0. The molecule has 1 rings (SSSR count). The highest BCUT2D eigenvalue weighted by molar-refractivity contribution is 9.09. The number of hydrogen-bond donors (Lipinski definition) is 0. The maximum absolute atomic E-state index is 5.41. The second kappa shape index (κ2) is 11.5. The highest BCUT2D eigenvalue weighted by atomic mass is 79.9. The SMILES string of the molecule is BrCCCCCCCCCCCC1OCCO1. The largest absolute Gasteiger partial charge is 0.350 e. The van der Waals surface area contributed by atoms with Crippen molar-refractivity contribution in [2.45, 2.75) is 70.5 Å². The Morgan fingerprint density at radius 3 is 1.71 bits per heavy atom. The molecule has 102 valence electrons. The summed E-state index contributed by atoms with van der Waals surface area (Å²) in [6.45, 7) is 1.58. The van der Waals surface area contributed by atoms with Crippen molar-refractivity contribution in [3.05, 3.63) is 0 Å². The lowest BCUT2D eigenvalue weighted by Gasteiger charge is -2.08. The minimum atomic E-state index is 0.110. The lowest BCUT2D eigenvalue weighted by Crippen LogP contribution is -2.06. The van der Waals surface area contributed by atoms with E-state index in [-0.39, 0.29) is 6.29 Å². The number of hydrogen-bond acceptors (Lipinski definition) is 2. The molecular weight excluding hydrogens is 280 g/mol. The molecule has 3 heteroatoms. The Labute approximate surface area is 115 Å². The van der Waals surface area contributed by atoms with E-state index in [2.05, 4.69) is 15.9 Å². The molecule has 0 aromatic heterocycles. The summed E-state index contributed by atoms with van der Waals surface area (Å²) in [7, 11) is 0. The molecule has 1 heterocycles. The smallest absolute Gasteiger partial charge is 0.157 e. The average molecular weight is 307 g/mol. The van der Waals surface area contributed by atoms with E-state index in [1.54, 1.807) is 0 Å². The van der Waals surface area contributed by atoms with Crippen molar-refractivity contribution in [3.8, 4) is 0 Å². The van der Waals surface area contributed by atoms with E-state index in [9.17, 15) is 0 Å². The Hall–Kier alpha value is 0.400. The maximum atomic E-state index is 5.41. The average Bonchev–Trinajstić information content (AvgIpc) is 2.85. The molecule has 1 aliphatic rings. The Bertz CT molecular complexity index is 158. The van der Waals surface area contributed by atoms with Crippen LogP contribution in [0.5, 0.6) is 0 Å². The van der Waals surface area contributed by atoms with Crippen LogP contribution >= 0.6 is 15.9 Å². The van der Waals surface area contributed by atoms with E-state index in [1.807, 2.05) is 0 Å². The van der Waals surface area contributed by atoms with Crippen LogP contribution in [-0.4, -0.2) is 24.8 Å². The lowest BCUT2D eigenvalue weighted by molar-refractivity contribution is -0.0480. The molecule has 1 aliphatic heterocycles. The first-order valence-corrected chi connectivity index (χ1v) is 8.35. The van der Waals surface area contributed by atoms with Crippen molar-refractivity contribution >= 4 is 15.9 Å². The molecule has 0 atom stereocenters. The molecule has 0 saturated carbocycles. The van der Waals surface area contributed by atoms with Crippen LogP contribution in [0.15, 0.2) is 0 Å². The third-order valence-electron chi connectivity index (χ3n) is 3.26. The van der Waals surface area contributed by atoms with E-state index >= 15 is 0 Å². The molecule has 0 amide bonds. The molecule has 0 bridgehead atoms. The van der Waals surface area contributed by atoms with Gasteiger partial charge >= 0.3 is 0 Å². The van der Waals surface area contributed by atoms with Gasteiger partial charge < -0.3 is 9.47 Å². The highest BCUT2D eigenvalue weighted by Gasteiger charge is 2.14. The van der Waals surface area contributed by atoms with Gasteiger partial charge in [0.25, 0.3) is 0 Å². The fourth-order valence-corrected chi connectivity index (χ4v) is 2.61. The molecule has 0 unspecified atom stereocenters. The van der Waals surface area contributed by atoms with Gasteiger partial charge in [0.1, 0.15) is 0 Å². The first-order valence-electron chi connectivity index (χ1n) is 7.22. The first kappa shape index (κ1) is 15.5. The Balaban J connectivity index is 1.69. The molecule has 2 nitrogen and oxygen atoms in total. The summed E-state index contributed by atoms with van der Waals surface area (Å²) in [5.74, 6) is 0. The Morgan fingerprint density at radius 1 is 0.706 bits per heavy atom. The summed E-state index contributed by atoms with van der Waals surface area (Å²) in [6, 6.07) is 0. The normalized spacial score (nSPS) is 16.8. The van der Waals surface area contributed by atoms with Crippen molar-refractivity contribution in [2.75, 3.05) is 18.5 Å². The van der Waals surface area contributed by atoms with E-state index in [4.69, 9.17) is 9.47 Å². The molecule has 0 N–H and O–H groups in total. The van der Waals surface area contributed by atoms with Gasteiger partial charge in [0.05, 0.1) is 13.2 Å². The van der Waals surface area contributed by atoms with Crippen LogP contribution in [0, 0.1) is 0 Å². The second-order valence-corrected chi connectivity index (χ2v) is 5.62. The van der Waals surface area contributed by atoms with Crippen LogP contribution in [0.4, 0.5) is 0 Å². The first-order chi connectivity index (χ1) is 8.43. The van der Waals surface area contributed by atoms with E-state index in [1.165, 1.54) is 57.8 Å². The van der Waals surface area contributed by atoms with Crippen LogP contribution in [0.25, 0.3) is 0 Å². The molecule has 1 fully saturated rings. The standard InChI is InChI=1S/C14H27BrO2/c15-11-9-7-5-3-1-2-4-6-8-10-14-16-12-13-17-14/h14H,1-13H2. The summed E-state index contributed by atoms with van der Waals surface area (Å²) >= 11 is 3.47. The van der Waals surface area contributed by atoms with Gasteiger partial charge in [-0.25, -0.2) is 0 Å². The van der Waals surface area contributed by atoms with Crippen LogP contribution in [0.3, 0.4) is 0 Å². The highest BCUT2D eigenvalue weighted by Crippen LogP contribution is 2.15. The zero-order valence-corrected chi connectivity index (χ0v) is 12.6. The van der Waals surface area contributed by atoms with Crippen molar-refractivity contribution < 1.29 is 9.47 Å². The zero-order valence-electron chi connectivity index (χ0n) is 11.0. The van der Waals surface area contributed by atoms with Crippen LogP contribution in [-0.2, 0) is 9.47 Å². The maximum Gasteiger partial charge on any atom is 0.157 e. The predicted octanol–water partition coefficient (Wildman–Crippen LogP) is 4.66. The lowest BCUT2D eigenvalue weighted by atomic mass is 10.1. The summed E-state index contributed by atoms with van der Waals surface area (Å²) in [5, 5.41) is 1.16. The molecular formula is C14H27BrO2.